The van der Waals surface area contributed by atoms with Crippen LogP contribution in [0.1, 0.15) is 13.8 Å². The van der Waals surface area contributed by atoms with Gasteiger partial charge in [-0.2, -0.15) is 5.10 Å². The first-order valence-corrected chi connectivity index (χ1v) is 7.13. The highest BCUT2D eigenvalue weighted by Crippen LogP contribution is 2.35. The smallest absolute Gasteiger partial charge is 0.186 e. The Labute approximate surface area is 126 Å². The largest absolute Gasteiger partial charge is 0.292 e. The molecular formula is C13H11ClN2OS2. The number of carbonyl (C=O) groups is 1. The van der Waals surface area contributed by atoms with Crippen molar-refractivity contribution >= 4 is 57.0 Å². The third-order valence-electron chi connectivity index (χ3n) is 2.30. The molecule has 3 nitrogen and oxygen atoms in total. The van der Waals surface area contributed by atoms with Gasteiger partial charge in [-0.3, -0.25) is 4.79 Å². The summed E-state index contributed by atoms with van der Waals surface area (Å²) in [6, 6.07) is 7.26. The number of benzene rings is 1. The Balaban J connectivity index is 2.40. The SMILES string of the molecule is CC(=O)C1=NN(c2ccc(Cl)cc2)/C(=C/C(C)=S)S1. The number of nitrogens with zero attached hydrogens (tertiary/aromatic N) is 2. The predicted octanol–water partition coefficient (Wildman–Crippen LogP) is 4.03. The van der Waals surface area contributed by atoms with Crippen LogP contribution in [-0.4, -0.2) is 15.7 Å². The van der Waals surface area contributed by atoms with Crippen LogP contribution in [0.15, 0.2) is 40.5 Å². The topological polar surface area (TPSA) is 32.7 Å². The summed E-state index contributed by atoms with van der Waals surface area (Å²) in [6.07, 6.45) is 1.83. The van der Waals surface area contributed by atoms with Crippen LogP contribution in [0.25, 0.3) is 0 Å². The zero-order valence-corrected chi connectivity index (χ0v) is 12.8. The number of thioether (sulfide) groups is 1. The Morgan fingerprint density at radius 2 is 2.00 bits per heavy atom. The van der Waals surface area contributed by atoms with Gasteiger partial charge < -0.3 is 0 Å². The summed E-state index contributed by atoms with van der Waals surface area (Å²) in [5.41, 5.74) is 0.843. The summed E-state index contributed by atoms with van der Waals surface area (Å²) in [5.74, 6) is -0.0608. The van der Waals surface area contributed by atoms with Crippen molar-refractivity contribution in [1.82, 2.24) is 0 Å². The number of allylic oxidation sites excluding steroid dienone is 1. The maximum Gasteiger partial charge on any atom is 0.186 e. The number of thiocarbonyl (C=S) groups is 1. The van der Waals surface area contributed by atoms with Gasteiger partial charge in [-0.15, -0.1) is 0 Å². The Hall–Kier alpha value is -1.17. The van der Waals surface area contributed by atoms with E-state index < -0.39 is 0 Å². The number of Topliss-reactive ketones (excluding diaryl/α,β-unsaturated/α-hetero) is 1. The van der Waals surface area contributed by atoms with Crippen LogP contribution in [0.4, 0.5) is 5.69 Å². The molecule has 0 unspecified atom stereocenters. The van der Waals surface area contributed by atoms with Crippen LogP contribution < -0.4 is 5.01 Å². The summed E-state index contributed by atoms with van der Waals surface area (Å²) >= 11 is 12.3. The molecule has 1 heterocycles. The molecule has 0 fully saturated rings. The number of carbonyl (C=O) groups excluding carboxylic acids is 1. The van der Waals surface area contributed by atoms with Gasteiger partial charge in [0.15, 0.2) is 10.8 Å². The molecule has 1 aromatic carbocycles. The lowest BCUT2D eigenvalue weighted by Crippen LogP contribution is -2.10. The molecule has 19 heavy (non-hydrogen) atoms. The van der Waals surface area contributed by atoms with Crippen LogP contribution >= 0.6 is 35.6 Å². The van der Waals surface area contributed by atoms with Gasteiger partial charge in [-0.1, -0.05) is 23.8 Å². The van der Waals surface area contributed by atoms with E-state index in [4.69, 9.17) is 23.8 Å². The minimum absolute atomic E-state index is 0.0608. The molecule has 0 N–H and O–H groups in total. The lowest BCUT2D eigenvalue weighted by molar-refractivity contribution is -0.110. The van der Waals surface area contributed by atoms with Gasteiger partial charge >= 0.3 is 0 Å². The standard InChI is InChI=1S/C13H11ClN2OS2/c1-8(18)7-12-16(15-13(19-12)9(2)17)11-5-3-10(14)4-6-11/h3-7H,1-2H3/b12-7-. The number of halogens is 1. The van der Waals surface area contributed by atoms with Crippen molar-refractivity contribution < 1.29 is 4.79 Å². The molecule has 0 bridgehead atoms. The van der Waals surface area contributed by atoms with Crippen molar-refractivity contribution in [1.29, 1.82) is 0 Å². The molecule has 0 aliphatic carbocycles. The highest BCUT2D eigenvalue weighted by Gasteiger charge is 2.25. The van der Waals surface area contributed by atoms with E-state index in [1.807, 2.05) is 25.1 Å². The molecule has 0 saturated carbocycles. The highest BCUT2D eigenvalue weighted by molar-refractivity contribution is 8.19. The van der Waals surface area contributed by atoms with E-state index in [1.165, 1.54) is 18.7 Å². The van der Waals surface area contributed by atoms with E-state index in [9.17, 15) is 4.79 Å². The Morgan fingerprint density at radius 3 is 2.53 bits per heavy atom. The third-order valence-corrected chi connectivity index (χ3v) is 3.73. The second-order valence-electron chi connectivity index (χ2n) is 3.94. The summed E-state index contributed by atoms with van der Waals surface area (Å²) < 4.78 is 0. The summed E-state index contributed by atoms with van der Waals surface area (Å²) in [7, 11) is 0. The van der Waals surface area contributed by atoms with Gasteiger partial charge in [0, 0.05) is 16.8 Å². The lowest BCUT2D eigenvalue weighted by atomic mass is 10.3. The first-order chi connectivity index (χ1) is 8.97. The van der Waals surface area contributed by atoms with Crippen LogP contribution in [-0.2, 0) is 4.79 Å². The zero-order valence-electron chi connectivity index (χ0n) is 10.4. The molecule has 1 aliphatic heterocycles. The minimum atomic E-state index is -0.0608. The molecule has 0 radical (unpaired) electrons. The average molecular weight is 311 g/mol. The average Bonchev–Trinajstić information content (AvgIpc) is 2.73. The van der Waals surface area contributed by atoms with Crippen LogP contribution in [0.2, 0.25) is 5.02 Å². The van der Waals surface area contributed by atoms with Gasteiger partial charge in [0.25, 0.3) is 0 Å². The number of anilines is 1. The highest BCUT2D eigenvalue weighted by atomic mass is 35.5. The number of ketones is 1. The second-order valence-corrected chi connectivity index (χ2v) is 6.03. The van der Waals surface area contributed by atoms with Crippen LogP contribution in [0.3, 0.4) is 0 Å². The Bertz CT molecular complexity index is 593. The predicted molar refractivity (Wildman–Crippen MR) is 86.0 cm³/mol. The Morgan fingerprint density at radius 1 is 1.37 bits per heavy atom. The maximum atomic E-state index is 11.4. The van der Waals surface area contributed by atoms with Crippen LogP contribution in [0.5, 0.6) is 0 Å². The molecule has 0 saturated heterocycles. The molecule has 0 amide bonds. The summed E-state index contributed by atoms with van der Waals surface area (Å²) in [6.45, 7) is 3.33. The van der Waals surface area contributed by atoms with E-state index >= 15 is 0 Å². The van der Waals surface area contributed by atoms with Crippen molar-refractivity contribution in [2.45, 2.75) is 13.8 Å². The molecule has 1 aliphatic rings. The molecule has 0 aromatic heterocycles. The molecule has 6 heteroatoms. The fourth-order valence-electron chi connectivity index (χ4n) is 1.48. The van der Waals surface area contributed by atoms with Gasteiger partial charge in [0.1, 0.15) is 5.03 Å². The fourth-order valence-corrected chi connectivity index (χ4v) is 2.72. The van der Waals surface area contributed by atoms with Crippen molar-refractivity contribution in [3.63, 3.8) is 0 Å². The second kappa shape index (κ2) is 5.86. The molecule has 0 atom stereocenters. The van der Waals surface area contributed by atoms with Crippen molar-refractivity contribution in [2.24, 2.45) is 5.10 Å². The summed E-state index contributed by atoms with van der Waals surface area (Å²) in [5, 5.41) is 7.95. The minimum Gasteiger partial charge on any atom is -0.292 e. The van der Waals surface area contributed by atoms with Crippen molar-refractivity contribution in [3.05, 3.63) is 40.4 Å². The van der Waals surface area contributed by atoms with Crippen LogP contribution in [0, 0.1) is 0 Å². The fraction of sp³-hybridized carbons (Fsp3) is 0.154. The Kier molecular flexibility index (Phi) is 4.39. The summed E-state index contributed by atoms with van der Waals surface area (Å²) in [4.78, 5) is 12.2. The van der Waals surface area contributed by atoms with Crippen molar-refractivity contribution in [2.75, 3.05) is 5.01 Å². The van der Waals surface area contributed by atoms with Gasteiger partial charge in [0.05, 0.1) is 5.69 Å². The van der Waals surface area contributed by atoms with Crippen molar-refractivity contribution in [3.8, 4) is 0 Å². The quantitative estimate of drug-likeness (QED) is 0.623. The normalized spacial score (nSPS) is 16.7. The van der Waals surface area contributed by atoms with Gasteiger partial charge in [0.2, 0.25) is 0 Å². The molecule has 1 aromatic rings. The van der Waals surface area contributed by atoms with Gasteiger partial charge in [-0.05, 0) is 49.0 Å². The van der Waals surface area contributed by atoms with E-state index in [0.29, 0.717) is 10.1 Å². The molecule has 2 rings (SSSR count). The van der Waals surface area contributed by atoms with E-state index in [0.717, 1.165) is 15.6 Å². The van der Waals surface area contributed by atoms with E-state index in [-0.39, 0.29) is 5.78 Å². The zero-order chi connectivity index (χ0) is 14.0. The molecule has 98 valence electrons. The first-order valence-electron chi connectivity index (χ1n) is 5.53. The monoisotopic (exact) mass is 310 g/mol. The third kappa shape index (κ3) is 3.43. The van der Waals surface area contributed by atoms with Gasteiger partial charge in [-0.25, -0.2) is 5.01 Å². The first kappa shape index (κ1) is 14.2. The lowest BCUT2D eigenvalue weighted by Gasteiger charge is -2.15. The number of hydrogen-bond acceptors (Lipinski definition) is 5. The molecular weight excluding hydrogens is 300 g/mol. The van der Waals surface area contributed by atoms with E-state index in [2.05, 4.69) is 5.10 Å². The maximum absolute atomic E-state index is 11.4. The number of rotatable bonds is 3. The number of hydrazone groups is 1. The molecule has 0 spiro atoms. The van der Waals surface area contributed by atoms with E-state index in [1.54, 1.807) is 17.1 Å². The number of hydrogen-bond donors (Lipinski definition) is 0.